The molecule has 2 aromatic rings. The van der Waals surface area contributed by atoms with Crippen LogP contribution in [-0.2, 0) is 19.6 Å². The number of nitrogens with zero attached hydrogens (tertiary/aromatic N) is 1. The molecule has 0 bridgehead atoms. The zero-order valence-corrected chi connectivity index (χ0v) is 18.9. The molecule has 1 aliphatic rings. The molecule has 0 radical (unpaired) electrons. The van der Waals surface area contributed by atoms with Gasteiger partial charge in [-0.25, -0.2) is 8.42 Å². The number of rotatable bonds is 9. The van der Waals surface area contributed by atoms with Crippen LogP contribution in [0.5, 0.6) is 0 Å². The van der Waals surface area contributed by atoms with Crippen molar-refractivity contribution < 1.29 is 22.7 Å². The van der Waals surface area contributed by atoms with Crippen molar-refractivity contribution in [1.29, 1.82) is 0 Å². The molecular weight excluding hydrogens is 430 g/mol. The molecule has 8 nitrogen and oxygen atoms in total. The minimum atomic E-state index is -3.66. The third kappa shape index (κ3) is 5.93. The van der Waals surface area contributed by atoms with Crippen molar-refractivity contribution in [3.05, 3.63) is 60.2 Å². The second-order valence-electron chi connectivity index (χ2n) is 7.65. The molecule has 2 N–H and O–H groups in total. The number of hydrogen-bond donors (Lipinski definition) is 2. The fraction of sp³-hybridized carbons (Fsp3) is 0.391. The van der Waals surface area contributed by atoms with Gasteiger partial charge in [0, 0.05) is 33.4 Å². The Morgan fingerprint density at radius 3 is 2.56 bits per heavy atom. The molecule has 0 saturated carbocycles. The predicted octanol–water partition coefficient (Wildman–Crippen LogP) is 2.49. The van der Waals surface area contributed by atoms with Crippen LogP contribution < -0.4 is 10.6 Å². The summed E-state index contributed by atoms with van der Waals surface area (Å²) in [5.41, 5.74) is 0.771. The fourth-order valence-electron chi connectivity index (χ4n) is 3.65. The average Bonchev–Trinajstić information content (AvgIpc) is 2.82. The zero-order valence-electron chi connectivity index (χ0n) is 18.1. The highest BCUT2D eigenvalue weighted by Crippen LogP contribution is 2.25. The van der Waals surface area contributed by atoms with Crippen LogP contribution in [0.15, 0.2) is 59.5 Å². The van der Waals surface area contributed by atoms with Crippen LogP contribution in [-0.4, -0.2) is 57.9 Å². The fourth-order valence-corrected chi connectivity index (χ4v) is 5.20. The van der Waals surface area contributed by atoms with Crippen molar-refractivity contribution in [2.45, 2.75) is 24.2 Å². The van der Waals surface area contributed by atoms with Crippen molar-refractivity contribution in [1.82, 2.24) is 9.62 Å². The van der Waals surface area contributed by atoms with E-state index >= 15 is 0 Å². The van der Waals surface area contributed by atoms with Crippen molar-refractivity contribution in [2.24, 2.45) is 5.92 Å². The number of piperidine rings is 1. The maximum absolute atomic E-state index is 13.0. The summed E-state index contributed by atoms with van der Waals surface area (Å²) < 4.78 is 32.2. The standard InChI is InChI=1S/C23H29N3O5S/c1-31-16-8-14-24-23(28)20-12-5-6-13-21(20)25-22(27)18-9-7-15-26(17-18)32(29,30)19-10-3-2-4-11-19/h2-6,10-13,18H,7-9,14-17H2,1H3,(H,24,28)(H,25,27)/t18-/m0/s1. The molecule has 0 aliphatic carbocycles. The second-order valence-corrected chi connectivity index (χ2v) is 9.59. The van der Waals surface area contributed by atoms with E-state index in [0.717, 1.165) is 0 Å². The molecule has 1 atom stereocenters. The van der Waals surface area contributed by atoms with Crippen LogP contribution in [0.3, 0.4) is 0 Å². The summed E-state index contributed by atoms with van der Waals surface area (Å²) >= 11 is 0. The van der Waals surface area contributed by atoms with Crippen molar-refractivity contribution in [3.63, 3.8) is 0 Å². The van der Waals surface area contributed by atoms with Gasteiger partial charge in [-0.3, -0.25) is 9.59 Å². The predicted molar refractivity (Wildman–Crippen MR) is 122 cm³/mol. The number of methoxy groups -OCH3 is 1. The van der Waals surface area contributed by atoms with Crippen molar-refractivity contribution in [3.8, 4) is 0 Å². The smallest absolute Gasteiger partial charge is 0.253 e. The van der Waals surface area contributed by atoms with E-state index in [9.17, 15) is 18.0 Å². The molecule has 2 aromatic carbocycles. The number of sulfonamides is 1. The highest BCUT2D eigenvalue weighted by Gasteiger charge is 2.33. The summed E-state index contributed by atoms with van der Waals surface area (Å²) in [7, 11) is -2.06. The van der Waals surface area contributed by atoms with Crippen LogP contribution in [0.1, 0.15) is 29.6 Å². The molecule has 32 heavy (non-hydrogen) atoms. The van der Waals surface area contributed by atoms with E-state index in [4.69, 9.17) is 4.74 Å². The molecule has 3 rings (SSSR count). The van der Waals surface area contributed by atoms with Gasteiger partial charge in [0.2, 0.25) is 15.9 Å². The third-order valence-corrected chi connectivity index (χ3v) is 7.26. The van der Waals surface area contributed by atoms with E-state index in [2.05, 4.69) is 10.6 Å². The zero-order chi connectivity index (χ0) is 23.0. The van der Waals surface area contributed by atoms with E-state index in [1.807, 2.05) is 0 Å². The van der Waals surface area contributed by atoms with E-state index in [-0.39, 0.29) is 23.3 Å². The lowest BCUT2D eigenvalue weighted by molar-refractivity contribution is -0.120. The molecule has 0 spiro atoms. The van der Waals surface area contributed by atoms with E-state index in [0.29, 0.717) is 50.2 Å². The lowest BCUT2D eigenvalue weighted by Crippen LogP contribution is -2.43. The topological polar surface area (TPSA) is 105 Å². The van der Waals surface area contributed by atoms with Crippen LogP contribution in [0.25, 0.3) is 0 Å². The Bertz CT molecular complexity index is 1030. The van der Waals surface area contributed by atoms with Gasteiger partial charge in [0.1, 0.15) is 0 Å². The monoisotopic (exact) mass is 459 g/mol. The Morgan fingerprint density at radius 1 is 1.09 bits per heavy atom. The van der Waals surface area contributed by atoms with E-state index < -0.39 is 15.9 Å². The molecule has 1 aliphatic heterocycles. The van der Waals surface area contributed by atoms with Crippen LogP contribution in [0.4, 0.5) is 5.69 Å². The molecule has 1 fully saturated rings. The summed E-state index contributed by atoms with van der Waals surface area (Å²) in [4.78, 5) is 25.7. The average molecular weight is 460 g/mol. The molecular formula is C23H29N3O5S. The van der Waals surface area contributed by atoms with E-state index in [1.54, 1.807) is 61.7 Å². The Balaban J connectivity index is 1.67. The minimum Gasteiger partial charge on any atom is -0.385 e. The van der Waals surface area contributed by atoms with Crippen LogP contribution >= 0.6 is 0 Å². The number of benzene rings is 2. The Hall–Kier alpha value is -2.75. The SMILES string of the molecule is COCCCNC(=O)c1ccccc1NC(=O)[C@H]1CCCN(S(=O)(=O)c2ccccc2)C1. The molecule has 172 valence electrons. The normalized spacial score (nSPS) is 17.0. The minimum absolute atomic E-state index is 0.106. The maximum Gasteiger partial charge on any atom is 0.253 e. The summed E-state index contributed by atoms with van der Waals surface area (Å²) in [5.74, 6) is -1.08. The van der Waals surface area contributed by atoms with Gasteiger partial charge in [0.15, 0.2) is 0 Å². The molecule has 2 amide bonds. The van der Waals surface area contributed by atoms with Gasteiger partial charge < -0.3 is 15.4 Å². The third-order valence-electron chi connectivity index (χ3n) is 5.38. The quantitative estimate of drug-likeness (QED) is 0.561. The van der Waals surface area contributed by atoms with Crippen molar-refractivity contribution >= 4 is 27.5 Å². The number of nitrogens with one attached hydrogen (secondary N) is 2. The number of anilines is 1. The number of hydrogen-bond acceptors (Lipinski definition) is 5. The molecule has 1 heterocycles. The van der Waals surface area contributed by atoms with Gasteiger partial charge in [-0.1, -0.05) is 30.3 Å². The van der Waals surface area contributed by atoms with Gasteiger partial charge >= 0.3 is 0 Å². The van der Waals surface area contributed by atoms with Gasteiger partial charge in [-0.05, 0) is 43.5 Å². The highest BCUT2D eigenvalue weighted by molar-refractivity contribution is 7.89. The summed E-state index contributed by atoms with van der Waals surface area (Å²) in [6, 6.07) is 15.0. The van der Waals surface area contributed by atoms with Gasteiger partial charge in [0.25, 0.3) is 5.91 Å². The van der Waals surface area contributed by atoms with Crippen LogP contribution in [0, 0.1) is 5.92 Å². The molecule has 0 aromatic heterocycles. The lowest BCUT2D eigenvalue weighted by Gasteiger charge is -2.31. The summed E-state index contributed by atoms with van der Waals surface area (Å²) in [6.45, 7) is 1.49. The summed E-state index contributed by atoms with van der Waals surface area (Å²) in [5, 5.41) is 5.64. The molecule has 9 heteroatoms. The first-order valence-corrected chi connectivity index (χ1v) is 12.1. The molecule has 1 saturated heterocycles. The lowest BCUT2D eigenvalue weighted by atomic mass is 9.98. The first kappa shape index (κ1) is 23.9. The van der Waals surface area contributed by atoms with Gasteiger partial charge in [-0.2, -0.15) is 4.31 Å². The number of ether oxygens (including phenoxy) is 1. The highest BCUT2D eigenvalue weighted by atomic mass is 32.2. The largest absolute Gasteiger partial charge is 0.385 e. The number of para-hydroxylation sites is 1. The first-order valence-electron chi connectivity index (χ1n) is 10.7. The van der Waals surface area contributed by atoms with Gasteiger partial charge in [-0.15, -0.1) is 0 Å². The second kappa shape index (κ2) is 11.2. The number of carbonyl (C=O) groups is 2. The Labute approximate surface area is 189 Å². The van der Waals surface area contributed by atoms with Gasteiger partial charge in [0.05, 0.1) is 22.1 Å². The number of carbonyl (C=O) groups excluding carboxylic acids is 2. The summed E-state index contributed by atoms with van der Waals surface area (Å²) in [6.07, 6.45) is 1.86. The van der Waals surface area contributed by atoms with Crippen LogP contribution in [0.2, 0.25) is 0 Å². The maximum atomic E-state index is 13.0. The number of amides is 2. The Kier molecular flexibility index (Phi) is 8.38. The van der Waals surface area contributed by atoms with E-state index in [1.165, 1.54) is 4.31 Å². The first-order chi connectivity index (χ1) is 15.4. The molecule has 0 unspecified atom stereocenters. The van der Waals surface area contributed by atoms with Crippen molar-refractivity contribution in [2.75, 3.05) is 38.7 Å². The Morgan fingerprint density at radius 2 is 1.81 bits per heavy atom.